The fraction of sp³-hybridized carbons (Fsp3) is 0.391. The van der Waals surface area contributed by atoms with E-state index in [1.807, 2.05) is 23.6 Å². The Morgan fingerprint density at radius 2 is 1.97 bits per heavy atom. The molecule has 2 aliphatic heterocycles. The summed E-state index contributed by atoms with van der Waals surface area (Å²) in [6, 6.07) is 8.98. The van der Waals surface area contributed by atoms with Crippen LogP contribution in [-0.2, 0) is 13.1 Å². The van der Waals surface area contributed by atoms with Crippen LogP contribution in [0.1, 0.15) is 34.7 Å². The summed E-state index contributed by atoms with van der Waals surface area (Å²) in [6.07, 6.45) is 1.10. The molecule has 0 saturated carbocycles. The van der Waals surface area contributed by atoms with Gasteiger partial charge in [0, 0.05) is 66.4 Å². The number of likely N-dealkylation sites (tertiary alicyclic amines) is 1. The third-order valence-corrected chi connectivity index (χ3v) is 6.47. The molecule has 0 unspecified atom stereocenters. The number of phenols is 1. The minimum Gasteiger partial charge on any atom is -0.507 e. The van der Waals surface area contributed by atoms with Crippen LogP contribution in [-0.4, -0.2) is 27.7 Å². The van der Waals surface area contributed by atoms with Gasteiger partial charge in [0.1, 0.15) is 11.3 Å². The molecule has 150 valence electrons. The molecule has 1 saturated heterocycles. The Labute approximate surface area is 168 Å². The summed E-state index contributed by atoms with van der Waals surface area (Å²) in [5, 5.41) is 11.6. The Morgan fingerprint density at radius 1 is 1.14 bits per heavy atom. The predicted octanol–water partition coefficient (Wildman–Crippen LogP) is 2.90. The van der Waals surface area contributed by atoms with Crippen molar-refractivity contribution in [1.82, 2.24) is 9.47 Å². The van der Waals surface area contributed by atoms with Crippen LogP contribution in [0.4, 0.5) is 0 Å². The predicted molar refractivity (Wildman–Crippen MR) is 110 cm³/mol. The molecule has 6 heteroatoms. The first-order valence-electron chi connectivity index (χ1n) is 10.1. The van der Waals surface area contributed by atoms with E-state index in [1.54, 1.807) is 13.0 Å². The highest BCUT2D eigenvalue weighted by Gasteiger charge is 2.34. The lowest BCUT2D eigenvalue weighted by Gasteiger charge is -2.42. The summed E-state index contributed by atoms with van der Waals surface area (Å²) >= 11 is 0. The average molecular weight is 392 g/mol. The van der Waals surface area contributed by atoms with Crippen LogP contribution >= 0.6 is 0 Å². The SMILES string of the molecule is Cc1cc(=O)oc2c(C)c(O)c(CN3C[C@H]4C[C@@H](C3)c3cccc(=O)n3C4)cc12. The van der Waals surface area contributed by atoms with Gasteiger partial charge in [0.2, 0.25) is 0 Å². The van der Waals surface area contributed by atoms with Gasteiger partial charge in [0.15, 0.2) is 0 Å². The van der Waals surface area contributed by atoms with Crippen molar-refractivity contribution in [2.75, 3.05) is 13.1 Å². The largest absolute Gasteiger partial charge is 0.507 e. The molecule has 2 aliphatic rings. The first-order chi connectivity index (χ1) is 13.9. The number of aromatic nitrogens is 1. The number of phenolic OH excluding ortho intramolecular Hbond substituents is 1. The minimum atomic E-state index is -0.400. The van der Waals surface area contributed by atoms with Gasteiger partial charge in [0.25, 0.3) is 5.56 Å². The number of nitrogens with zero attached hydrogens (tertiary/aromatic N) is 2. The van der Waals surface area contributed by atoms with Crippen LogP contribution < -0.4 is 11.2 Å². The van der Waals surface area contributed by atoms with Crippen molar-refractivity contribution in [2.24, 2.45) is 5.92 Å². The Hall–Kier alpha value is -2.86. The van der Waals surface area contributed by atoms with Gasteiger partial charge in [-0.2, -0.15) is 0 Å². The van der Waals surface area contributed by atoms with Gasteiger partial charge in [-0.1, -0.05) is 6.07 Å². The maximum absolute atomic E-state index is 12.2. The molecule has 1 N–H and O–H groups in total. The highest BCUT2D eigenvalue weighted by Crippen LogP contribution is 2.37. The van der Waals surface area contributed by atoms with Crippen molar-refractivity contribution >= 4 is 11.0 Å². The summed E-state index contributed by atoms with van der Waals surface area (Å²) in [4.78, 5) is 26.3. The van der Waals surface area contributed by atoms with Crippen molar-refractivity contribution in [3.8, 4) is 5.75 Å². The summed E-state index contributed by atoms with van der Waals surface area (Å²) in [6.45, 7) is 6.83. The van der Waals surface area contributed by atoms with Gasteiger partial charge in [-0.05, 0) is 43.9 Å². The van der Waals surface area contributed by atoms with Crippen LogP contribution in [0.2, 0.25) is 0 Å². The summed E-state index contributed by atoms with van der Waals surface area (Å²) in [5.74, 6) is 0.961. The zero-order valence-electron chi connectivity index (χ0n) is 16.6. The quantitative estimate of drug-likeness (QED) is 0.679. The van der Waals surface area contributed by atoms with Crippen LogP contribution in [0.25, 0.3) is 11.0 Å². The summed E-state index contributed by atoms with van der Waals surface area (Å²) in [7, 11) is 0. The van der Waals surface area contributed by atoms with E-state index in [-0.39, 0.29) is 11.3 Å². The zero-order chi connectivity index (χ0) is 20.3. The smallest absolute Gasteiger partial charge is 0.336 e. The molecule has 1 aromatic carbocycles. The van der Waals surface area contributed by atoms with E-state index in [9.17, 15) is 14.7 Å². The van der Waals surface area contributed by atoms with Gasteiger partial charge in [-0.15, -0.1) is 0 Å². The second-order valence-corrected chi connectivity index (χ2v) is 8.53. The lowest BCUT2D eigenvalue weighted by atomic mass is 9.83. The molecule has 2 bridgehead atoms. The topological polar surface area (TPSA) is 75.7 Å². The molecule has 29 heavy (non-hydrogen) atoms. The maximum Gasteiger partial charge on any atom is 0.336 e. The number of fused-ring (bicyclic) bond motifs is 5. The molecule has 0 aliphatic carbocycles. The van der Waals surface area contributed by atoms with Crippen molar-refractivity contribution in [3.63, 3.8) is 0 Å². The maximum atomic E-state index is 12.2. The van der Waals surface area contributed by atoms with E-state index in [1.165, 1.54) is 6.07 Å². The molecule has 0 amide bonds. The number of hydrogen-bond donors (Lipinski definition) is 1. The van der Waals surface area contributed by atoms with Gasteiger partial charge in [0.05, 0.1) is 0 Å². The van der Waals surface area contributed by atoms with Crippen LogP contribution in [0, 0.1) is 19.8 Å². The first kappa shape index (κ1) is 18.2. The van der Waals surface area contributed by atoms with Crippen molar-refractivity contribution in [1.29, 1.82) is 0 Å². The summed E-state index contributed by atoms with van der Waals surface area (Å²) < 4.78 is 7.28. The highest BCUT2D eigenvalue weighted by atomic mass is 16.4. The second-order valence-electron chi connectivity index (χ2n) is 8.53. The number of benzene rings is 1. The molecule has 6 nitrogen and oxygen atoms in total. The first-order valence-corrected chi connectivity index (χ1v) is 10.1. The Kier molecular flexibility index (Phi) is 4.13. The van der Waals surface area contributed by atoms with Gasteiger partial charge < -0.3 is 14.1 Å². The van der Waals surface area contributed by atoms with Crippen molar-refractivity contribution < 1.29 is 9.52 Å². The van der Waals surface area contributed by atoms with E-state index in [0.29, 0.717) is 29.5 Å². The third kappa shape index (κ3) is 2.99. The highest BCUT2D eigenvalue weighted by molar-refractivity contribution is 5.86. The fourth-order valence-electron chi connectivity index (χ4n) is 5.15. The van der Waals surface area contributed by atoms with E-state index in [4.69, 9.17) is 4.42 Å². The molecule has 3 aromatic rings. The van der Waals surface area contributed by atoms with Gasteiger partial charge >= 0.3 is 5.63 Å². The van der Waals surface area contributed by atoms with E-state index in [0.717, 1.165) is 48.3 Å². The Bertz CT molecular complexity index is 1240. The lowest BCUT2D eigenvalue weighted by Crippen LogP contribution is -2.46. The number of aryl methyl sites for hydroxylation is 2. The Balaban J connectivity index is 1.49. The zero-order valence-corrected chi connectivity index (χ0v) is 16.6. The summed E-state index contributed by atoms with van der Waals surface area (Å²) in [5.41, 5.74) is 3.57. The minimum absolute atomic E-state index is 0.0883. The number of aromatic hydroxyl groups is 1. The third-order valence-electron chi connectivity index (χ3n) is 6.47. The van der Waals surface area contributed by atoms with Gasteiger partial charge in [-0.3, -0.25) is 9.69 Å². The van der Waals surface area contributed by atoms with Crippen LogP contribution in [0.5, 0.6) is 5.75 Å². The molecule has 4 heterocycles. The monoisotopic (exact) mass is 392 g/mol. The van der Waals surface area contributed by atoms with Crippen LogP contribution in [0.3, 0.4) is 0 Å². The van der Waals surface area contributed by atoms with E-state index >= 15 is 0 Å². The van der Waals surface area contributed by atoms with E-state index < -0.39 is 5.63 Å². The van der Waals surface area contributed by atoms with E-state index in [2.05, 4.69) is 11.0 Å². The molecule has 2 aromatic heterocycles. The fourth-order valence-corrected chi connectivity index (χ4v) is 5.15. The molecule has 5 rings (SSSR count). The van der Waals surface area contributed by atoms with Crippen molar-refractivity contribution in [2.45, 2.75) is 39.3 Å². The average Bonchev–Trinajstić information content (AvgIpc) is 2.68. The lowest BCUT2D eigenvalue weighted by molar-refractivity contribution is 0.113. The number of hydrogen-bond acceptors (Lipinski definition) is 5. The number of pyridine rings is 1. The standard InChI is InChI=1S/C23H24N2O4/c1-13-6-21(27)29-23-14(2)22(28)17(8-18(13)23)12-24-9-15-7-16(11-24)19-4-3-5-20(26)25(19)10-15/h3-6,8,15-16,28H,7,9-12H2,1-2H3/t15-,16+/m1/s1. The molecule has 1 fully saturated rings. The van der Waals surface area contributed by atoms with Gasteiger partial charge in [-0.25, -0.2) is 4.79 Å². The normalized spacial score (nSPS) is 21.3. The molecular weight excluding hydrogens is 368 g/mol. The van der Waals surface area contributed by atoms with Crippen LogP contribution in [0.15, 0.2) is 44.3 Å². The molecule has 0 radical (unpaired) electrons. The molecule has 2 atom stereocenters. The Morgan fingerprint density at radius 3 is 2.79 bits per heavy atom. The number of piperidine rings is 1. The van der Waals surface area contributed by atoms with Crippen molar-refractivity contribution in [3.05, 3.63) is 73.5 Å². The number of rotatable bonds is 2. The molecule has 0 spiro atoms. The second kappa shape index (κ2) is 6.59. The molecular formula is C23H24N2O4.